The molecule has 1 amide bonds. The normalized spacial score (nSPS) is 16.7. The summed E-state index contributed by atoms with van der Waals surface area (Å²) in [6.07, 6.45) is -3.06. The van der Waals surface area contributed by atoms with Gasteiger partial charge in [0.25, 0.3) is 0 Å². The Morgan fingerprint density at radius 1 is 1.16 bits per heavy atom. The van der Waals surface area contributed by atoms with Crippen molar-refractivity contribution < 1.29 is 27.4 Å². The second kappa shape index (κ2) is 7.84. The number of nitrogens with zero attached hydrogens (tertiary/aromatic N) is 4. The maximum Gasteiger partial charge on any atom is 0.573 e. The summed E-state index contributed by atoms with van der Waals surface area (Å²) in [5.74, 6) is -0.348. The Labute approximate surface area is 186 Å². The molecule has 11 heteroatoms. The molecular formula is C21H20ClF3N4O3. The zero-order valence-corrected chi connectivity index (χ0v) is 18.2. The highest BCUT2D eigenvalue weighted by atomic mass is 35.5. The van der Waals surface area contributed by atoms with Gasteiger partial charge in [0.1, 0.15) is 11.4 Å². The third-order valence-electron chi connectivity index (χ3n) is 4.82. The van der Waals surface area contributed by atoms with Crippen LogP contribution in [0.5, 0.6) is 5.75 Å². The molecule has 1 atom stereocenters. The van der Waals surface area contributed by atoms with Crippen molar-refractivity contribution in [3.05, 3.63) is 47.2 Å². The number of alkyl halides is 3. The number of amides is 1. The van der Waals surface area contributed by atoms with E-state index in [1.807, 2.05) is 0 Å². The third kappa shape index (κ3) is 4.45. The van der Waals surface area contributed by atoms with Gasteiger partial charge in [-0.25, -0.2) is 14.5 Å². The van der Waals surface area contributed by atoms with Crippen LogP contribution >= 0.6 is 11.6 Å². The Morgan fingerprint density at radius 3 is 2.41 bits per heavy atom. The summed E-state index contributed by atoms with van der Waals surface area (Å²) in [6, 6.07) is 6.52. The van der Waals surface area contributed by atoms with E-state index in [4.69, 9.17) is 16.3 Å². The minimum atomic E-state index is -4.78. The van der Waals surface area contributed by atoms with Gasteiger partial charge < -0.3 is 9.47 Å². The maximum absolute atomic E-state index is 12.6. The quantitative estimate of drug-likeness (QED) is 0.496. The molecule has 0 aliphatic carbocycles. The monoisotopic (exact) mass is 468 g/mol. The number of hydrogen-bond acceptors (Lipinski definition) is 5. The second-order valence-corrected chi connectivity index (χ2v) is 8.72. The number of benzene rings is 1. The van der Waals surface area contributed by atoms with E-state index in [0.717, 1.165) is 0 Å². The van der Waals surface area contributed by atoms with Crippen molar-refractivity contribution in [2.24, 2.45) is 0 Å². The number of carbonyl (C=O) groups excluding carboxylic acids is 1. The van der Waals surface area contributed by atoms with E-state index in [1.54, 1.807) is 31.7 Å². The number of halogens is 4. The number of fused-ring (bicyclic) bond motifs is 1. The molecule has 1 aromatic carbocycles. The molecule has 1 fully saturated rings. The Morgan fingerprint density at radius 2 is 1.84 bits per heavy atom. The number of aromatic nitrogens is 3. The number of hydrogen-bond donors (Lipinski definition) is 0. The van der Waals surface area contributed by atoms with Gasteiger partial charge in [0.05, 0.1) is 27.8 Å². The van der Waals surface area contributed by atoms with Crippen LogP contribution in [0.25, 0.3) is 16.7 Å². The zero-order chi connectivity index (χ0) is 23.3. The molecular weight excluding hydrogens is 449 g/mol. The molecule has 0 spiro atoms. The fourth-order valence-corrected chi connectivity index (χ4v) is 3.68. The van der Waals surface area contributed by atoms with E-state index in [0.29, 0.717) is 40.4 Å². The lowest BCUT2D eigenvalue weighted by Gasteiger charge is -2.40. The van der Waals surface area contributed by atoms with Crippen LogP contribution in [0.15, 0.2) is 36.5 Å². The first kappa shape index (κ1) is 22.2. The topological polar surface area (TPSA) is 69.5 Å². The van der Waals surface area contributed by atoms with Crippen LogP contribution in [0, 0.1) is 0 Å². The van der Waals surface area contributed by atoms with Crippen LogP contribution in [0.1, 0.15) is 38.9 Å². The highest BCUT2D eigenvalue weighted by Gasteiger charge is 2.39. The highest BCUT2D eigenvalue weighted by Crippen LogP contribution is 2.40. The van der Waals surface area contributed by atoms with Gasteiger partial charge in [0.2, 0.25) is 0 Å². The summed E-state index contributed by atoms with van der Waals surface area (Å²) in [6.45, 7) is 5.87. The Balaban J connectivity index is 1.71. The fraction of sp³-hybridized carbons (Fsp3) is 0.381. The van der Waals surface area contributed by atoms with Crippen LogP contribution in [-0.4, -0.2) is 44.3 Å². The van der Waals surface area contributed by atoms with Gasteiger partial charge in [0, 0.05) is 12.7 Å². The van der Waals surface area contributed by atoms with Gasteiger partial charge in [-0.15, -0.1) is 13.2 Å². The smallest absolute Gasteiger partial charge is 0.444 e. The van der Waals surface area contributed by atoms with Gasteiger partial charge in [-0.05, 0) is 57.5 Å². The van der Waals surface area contributed by atoms with E-state index in [1.165, 1.54) is 35.1 Å². The second-order valence-electron chi connectivity index (χ2n) is 8.31. The number of ether oxygens (including phenoxy) is 2. The standard InChI is InChI=1S/C21H20ClF3N4O3/c1-20(2,3)32-19(30)28-11-9-15(28)17-16-14(22)8-10-26-18(16)29(27-17)12-4-6-13(7-5-12)31-21(23,24)25/h4-8,10,15H,9,11H2,1-3H3. The zero-order valence-electron chi connectivity index (χ0n) is 17.5. The van der Waals surface area contributed by atoms with E-state index >= 15 is 0 Å². The van der Waals surface area contributed by atoms with Crippen LogP contribution < -0.4 is 4.74 Å². The number of likely N-dealkylation sites (tertiary alicyclic amines) is 1. The van der Waals surface area contributed by atoms with Crippen LogP contribution in [0.2, 0.25) is 5.02 Å². The van der Waals surface area contributed by atoms with Crippen molar-refractivity contribution in [1.29, 1.82) is 0 Å². The van der Waals surface area contributed by atoms with E-state index in [9.17, 15) is 18.0 Å². The molecule has 1 unspecified atom stereocenters. The summed E-state index contributed by atoms with van der Waals surface area (Å²) in [5.41, 5.74) is 0.797. The van der Waals surface area contributed by atoms with Gasteiger partial charge >= 0.3 is 12.5 Å². The average molecular weight is 469 g/mol. The first-order chi connectivity index (χ1) is 14.9. The summed E-state index contributed by atoms with van der Waals surface area (Å²) in [7, 11) is 0. The number of pyridine rings is 1. The lowest BCUT2D eigenvalue weighted by molar-refractivity contribution is -0.274. The maximum atomic E-state index is 12.6. The molecule has 1 aliphatic heterocycles. The predicted octanol–water partition coefficient (Wildman–Crippen LogP) is 5.65. The number of carbonyl (C=O) groups is 1. The summed E-state index contributed by atoms with van der Waals surface area (Å²) in [5, 5.41) is 5.61. The minimum Gasteiger partial charge on any atom is -0.444 e. The Kier molecular flexibility index (Phi) is 5.44. The highest BCUT2D eigenvalue weighted by molar-refractivity contribution is 6.35. The van der Waals surface area contributed by atoms with Crippen molar-refractivity contribution in [2.45, 2.75) is 45.2 Å². The van der Waals surface area contributed by atoms with Crippen molar-refractivity contribution in [3.63, 3.8) is 0 Å². The van der Waals surface area contributed by atoms with Crippen molar-refractivity contribution in [2.75, 3.05) is 6.54 Å². The first-order valence-electron chi connectivity index (χ1n) is 9.82. The van der Waals surface area contributed by atoms with Crippen molar-refractivity contribution in [3.8, 4) is 11.4 Å². The molecule has 3 aromatic rings. The van der Waals surface area contributed by atoms with Crippen molar-refractivity contribution in [1.82, 2.24) is 19.7 Å². The molecule has 0 saturated carbocycles. The minimum absolute atomic E-state index is 0.348. The molecule has 0 N–H and O–H groups in total. The van der Waals surface area contributed by atoms with E-state index in [2.05, 4.69) is 14.8 Å². The Hall–Kier alpha value is -3.01. The lowest BCUT2D eigenvalue weighted by Crippen LogP contribution is -2.47. The SMILES string of the molecule is CC(C)(C)OC(=O)N1CCC1c1nn(-c2ccc(OC(F)(F)F)cc2)c2nccc(Cl)c12. The molecule has 0 radical (unpaired) electrons. The van der Waals surface area contributed by atoms with Gasteiger partial charge in [-0.2, -0.15) is 5.10 Å². The van der Waals surface area contributed by atoms with Crippen LogP contribution in [-0.2, 0) is 4.74 Å². The Bertz CT molecular complexity index is 1160. The molecule has 7 nitrogen and oxygen atoms in total. The van der Waals surface area contributed by atoms with Gasteiger partial charge in [0.15, 0.2) is 5.65 Å². The number of rotatable bonds is 3. The fourth-order valence-electron chi connectivity index (χ4n) is 3.44. The lowest BCUT2D eigenvalue weighted by atomic mass is 9.98. The van der Waals surface area contributed by atoms with Crippen molar-refractivity contribution >= 4 is 28.7 Å². The molecule has 32 heavy (non-hydrogen) atoms. The molecule has 3 heterocycles. The molecule has 0 bridgehead atoms. The average Bonchev–Trinajstić information content (AvgIpc) is 2.99. The largest absolute Gasteiger partial charge is 0.573 e. The van der Waals surface area contributed by atoms with Crippen LogP contribution in [0.3, 0.4) is 0 Å². The summed E-state index contributed by atoms with van der Waals surface area (Å²) in [4.78, 5) is 18.5. The molecule has 170 valence electrons. The summed E-state index contributed by atoms with van der Waals surface area (Å²) >= 11 is 6.45. The van der Waals surface area contributed by atoms with E-state index < -0.39 is 18.1 Å². The van der Waals surface area contributed by atoms with Gasteiger partial charge in [-0.1, -0.05) is 11.6 Å². The summed E-state index contributed by atoms with van der Waals surface area (Å²) < 4.78 is 48.2. The van der Waals surface area contributed by atoms with E-state index in [-0.39, 0.29) is 11.8 Å². The van der Waals surface area contributed by atoms with Crippen LogP contribution in [0.4, 0.5) is 18.0 Å². The third-order valence-corrected chi connectivity index (χ3v) is 5.14. The molecule has 1 aliphatic rings. The molecule has 1 saturated heterocycles. The predicted molar refractivity (Wildman–Crippen MR) is 111 cm³/mol. The molecule has 2 aromatic heterocycles. The van der Waals surface area contributed by atoms with Gasteiger partial charge in [-0.3, -0.25) is 4.90 Å². The molecule has 4 rings (SSSR count). The first-order valence-corrected chi connectivity index (χ1v) is 10.2.